The molecule has 1 aromatic carbocycles. The van der Waals surface area contributed by atoms with Crippen molar-refractivity contribution in [2.75, 3.05) is 0 Å². The SMILES string of the molecule is CC(C)Cn1c(S[C@H](C)C(=O)N[C@@H]2CCCC[C@H]2C)nc2ccccc2c1=O. The Hall–Kier alpha value is -1.82. The second-order valence-electron chi connectivity index (χ2n) is 8.36. The van der Waals surface area contributed by atoms with Gasteiger partial charge in [0.1, 0.15) is 0 Å². The molecule has 2 aromatic rings. The van der Waals surface area contributed by atoms with Gasteiger partial charge in [0.25, 0.3) is 5.56 Å². The zero-order valence-corrected chi connectivity index (χ0v) is 18.1. The molecule has 1 aromatic heterocycles. The van der Waals surface area contributed by atoms with E-state index >= 15 is 0 Å². The normalized spacial score (nSPS) is 21.0. The van der Waals surface area contributed by atoms with Crippen molar-refractivity contribution in [3.8, 4) is 0 Å². The monoisotopic (exact) mass is 401 g/mol. The van der Waals surface area contributed by atoms with Crippen LogP contribution in [0, 0.1) is 11.8 Å². The van der Waals surface area contributed by atoms with E-state index in [1.807, 2.05) is 31.2 Å². The Morgan fingerprint density at radius 1 is 1.25 bits per heavy atom. The predicted octanol–water partition coefficient (Wildman–Crippen LogP) is 4.23. The Balaban J connectivity index is 1.83. The van der Waals surface area contributed by atoms with Gasteiger partial charge in [-0.05, 0) is 43.7 Å². The molecule has 0 radical (unpaired) electrons. The smallest absolute Gasteiger partial charge is 0.262 e. The molecule has 6 heteroatoms. The van der Waals surface area contributed by atoms with Gasteiger partial charge in [0.2, 0.25) is 5.91 Å². The highest BCUT2D eigenvalue weighted by molar-refractivity contribution is 8.00. The third-order valence-electron chi connectivity index (χ3n) is 5.46. The zero-order valence-electron chi connectivity index (χ0n) is 17.3. The van der Waals surface area contributed by atoms with E-state index in [-0.39, 0.29) is 22.8 Å². The van der Waals surface area contributed by atoms with Gasteiger partial charge in [-0.2, -0.15) is 0 Å². The molecule has 0 bridgehead atoms. The number of hydrogen-bond donors (Lipinski definition) is 1. The van der Waals surface area contributed by atoms with Crippen molar-refractivity contribution in [2.45, 2.75) is 76.4 Å². The average molecular weight is 402 g/mol. The summed E-state index contributed by atoms with van der Waals surface area (Å²) >= 11 is 1.38. The molecule has 3 atom stereocenters. The van der Waals surface area contributed by atoms with Gasteiger partial charge in [-0.15, -0.1) is 0 Å². The standard InChI is InChI=1S/C22H31N3O2S/c1-14(2)13-25-21(27)17-10-6-8-12-19(17)24-22(25)28-16(4)20(26)23-18-11-7-5-9-15(18)3/h6,8,10,12,14-16,18H,5,7,9,11,13H2,1-4H3,(H,23,26)/t15-,16-,18-/m1/s1. The maximum absolute atomic E-state index is 13.0. The molecule has 1 saturated carbocycles. The van der Waals surface area contributed by atoms with Crippen molar-refractivity contribution in [1.29, 1.82) is 0 Å². The number of carbonyl (C=O) groups excluding carboxylic acids is 1. The van der Waals surface area contributed by atoms with Gasteiger partial charge in [0.15, 0.2) is 5.16 Å². The summed E-state index contributed by atoms with van der Waals surface area (Å²) in [5.41, 5.74) is 0.652. The van der Waals surface area contributed by atoms with Crippen molar-refractivity contribution in [3.05, 3.63) is 34.6 Å². The van der Waals surface area contributed by atoms with Crippen molar-refractivity contribution >= 4 is 28.6 Å². The van der Waals surface area contributed by atoms with E-state index in [0.717, 1.165) is 6.42 Å². The van der Waals surface area contributed by atoms with Crippen LogP contribution in [0.2, 0.25) is 0 Å². The molecule has 1 aliphatic rings. The van der Waals surface area contributed by atoms with Crippen LogP contribution in [-0.4, -0.2) is 26.8 Å². The lowest BCUT2D eigenvalue weighted by Crippen LogP contribution is -2.44. The number of rotatable bonds is 6. The van der Waals surface area contributed by atoms with E-state index in [1.165, 1.54) is 31.0 Å². The van der Waals surface area contributed by atoms with Gasteiger partial charge in [-0.1, -0.05) is 57.5 Å². The average Bonchev–Trinajstić information content (AvgIpc) is 2.66. The summed E-state index contributed by atoms with van der Waals surface area (Å²) in [6, 6.07) is 7.67. The van der Waals surface area contributed by atoms with Crippen molar-refractivity contribution in [2.24, 2.45) is 11.8 Å². The molecule has 0 aliphatic heterocycles. The summed E-state index contributed by atoms with van der Waals surface area (Å²) in [6.07, 6.45) is 4.65. The number of nitrogens with zero attached hydrogens (tertiary/aromatic N) is 2. The number of benzene rings is 1. The van der Waals surface area contributed by atoms with Crippen molar-refractivity contribution in [3.63, 3.8) is 0 Å². The summed E-state index contributed by atoms with van der Waals surface area (Å²) in [6.45, 7) is 8.86. The molecule has 0 unspecified atom stereocenters. The molecule has 3 rings (SSSR count). The van der Waals surface area contributed by atoms with Crippen LogP contribution in [0.1, 0.15) is 53.4 Å². The predicted molar refractivity (Wildman–Crippen MR) is 116 cm³/mol. The Kier molecular flexibility index (Phi) is 6.81. The molecule has 0 spiro atoms. The van der Waals surface area contributed by atoms with Crippen LogP contribution in [0.3, 0.4) is 0 Å². The second kappa shape index (κ2) is 9.12. The topological polar surface area (TPSA) is 64.0 Å². The van der Waals surface area contributed by atoms with Crippen molar-refractivity contribution < 1.29 is 4.79 Å². The number of carbonyl (C=O) groups is 1. The summed E-state index contributed by atoms with van der Waals surface area (Å²) in [7, 11) is 0. The molecule has 1 fully saturated rings. The summed E-state index contributed by atoms with van der Waals surface area (Å²) in [4.78, 5) is 30.5. The molecule has 152 valence electrons. The van der Waals surface area contributed by atoms with E-state index < -0.39 is 0 Å². The lowest BCUT2D eigenvalue weighted by molar-refractivity contribution is -0.121. The van der Waals surface area contributed by atoms with Crippen LogP contribution in [0.15, 0.2) is 34.2 Å². The highest BCUT2D eigenvalue weighted by atomic mass is 32.2. The second-order valence-corrected chi connectivity index (χ2v) is 9.67. The van der Waals surface area contributed by atoms with E-state index in [0.29, 0.717) is 34.4 Å². The van der Waals surface area contributed by atoms with Crippen LogP contribution < -0.4 is 10.9 Å². The molecule has 1 amide bonds. The Morgan fingerprint density at radius 2 is 1.96 bits per heavy atom. The third kappa shape index (κ3) is 4.77. The number of thioether (sulfide) groups is 1. The molecule has 1 N–H and O–H groups in total. The Labute approximate surface area is 171 Å². The lowest BCUT2D eigenvalue weighted by Gasteiger charge is -2.30. The number of hydrogen-bond acceptors (Lipinski definition) is 4. The number of amides is 1. The van der Waals surface area contributed by atoms with E-state index in [9.17, 15) is 9.59 Å². The van der Waals surface area contributed by atoms with Gasteiger partial charge in [0, 0.05) is 12.6 Å². The summed E-state index contributed by atoms with van der Waals surface area (Å²) in [5, 5.41) is 4.17. The molecular formula is C22H31N3O2S. The molecule has 28 heavy (non-hydrogen) atoms. The maximum atomic E-state index is 13.0. The quantitative estimate of drug-likeness (QED) is 0.581. The molecular weight excluding hydrogens is 370 g/mol. The van der Waals surface area contributed by atoms with E-state index in [1.54, 1.807) is 4.57 Å². The fraction of sp³-hybridized carbons (Fsp3) is 0.591. The zero-order chi connectivity index (χ0) is 20.3. The first-order valence-corrected chi connectivity index (χ1v) is 11.2. The van der Waals surface area contributed by atoms with Gasteiger partial charge >= 0.3 is 0 Å². The van der Waals surface area contributed by atoms with Crippen molar-refractivity contribution in [1.82, 2.24) is 14.9 Å². The largest absolute Gasteiger partial charge is 0.352 e. The van der Waals surface area contributed by atoms with E-state index in [4.69, 9.17) is 4.98 Å². The Bertz CT molecular complexity index is 893. The molecule has 5 nitrogen and oxygen atoms in total. The summed E-state index contributed by atoms with van der Waals surface area (Å²) in [5.74, 6) is 0.863. The van der Waals surface area contributed by atoms with Gasteiger partial charge in [0.05, 0.1) is 16.2 Å². The fourth-order valence-electron chi connectivity index (χ4n) is 3.81. The van der Waals surface area contributed by atoms with Crippen LogP contribution in [-0.2, 0) is 11.3 Å². The first kappa shape index (κ1) is 20.9. The number of fused-ring (bicyclic) bond motifs is 1. The van der Waals surface area contributed by atoms with Gasteiger partial charge in [-0.3, -0.25) is 14.2 Å². The van der Waals surface area contributed by atoms with Crippen LogP contribution in [0.4, 0.5) is 0 Å². The minimum atomic E-state index is -0.305. The molecule has 1 aliphatic carbocycles. The third-order valence-corrected chi connectivity index (χ3v) is 6.56. The maximum Gasteiger partial charge on any atom is 0.262 e. The van der Waals surface area contributed by atoms with Crippen LogP contribution >= 0.6 is 11.8 Å². The summed E-state index contributed by atoms with van der Waals surface area (Å²) < 4.78 is 1.73. The highest BCUT2D eigenvalue weighted by Crippen LogP contribution is 2.26. The first-order chi connectivity index (χ1) is 13.4. The minimum absolute atomic E-state index is 0.0299. The number of nitrogens with one attached hydrogen (secondary N) is 1. The molecule has 0 saturated heterocycles. The van der Waals surface area contributed by atoms with Crippen LogP contribution in [0.25, 0.3) is 10.9 Å². The number of aromatic nitrogens is 2. The van der Waals surface area contributed by atoms with Crippen LogP contribution in [0.5, 0.6) is 0 Å². The number of para-hydroxylation sites is 1. The lowest BCUT2D eigenvalue weighted by atomic mass is 9.86. The molecule has 1 heterocycles. The fourth-order valence-corrected chi connectivity index (χ4v) is 4.73. The van der Waals surface area contributed by atoms with E-state index in [2.05, 4.69) is 26.1 Å². The highest BCUT2D eigenvalue weighted by Gasteiger charge is 2.26. The Morgan fingerprint density at radius 3 is 2.68 bits per heavy atom. The van der Waals surface area contributed by atoms with Gasteiger partial charge in [-0.25, -0.2) is 4.98 Å². The minimum Gasteiger partial charge on any atom is -0.352 e. The van der Waals surface area contributed by atoms with Gasteiger partial charge < -0.3 is 5.32 Å². The first-order valence-electron chi connectivity index (χ1n) is 10.3.